The van der Waals surface area contributed by atoms with Gasteiger partial charge in [-0.2, -0.15) is 0 Å². The normalized spacial score (nSPS) is 10.2. The highest BCUT2D eigenvalue weighted by Crippen LogP contribution is 2.08. The Labute approximate surface area is 112 Å². The predicted molar refractivity (Wildman–Crippen MR) is 75.6 cm³/mol. The minimum Gasteiger partial charge on any atom is -0.399 e. The van der Waals surface area contributed by atoms with Gasteiger partial charge in [-0.15, -0.1) is 0 Å². The molecule has 4 nitrogen and oxygen atoms in total. The summed E-state index contributed by atoms with van der Waals surface area (Å²) in [5.74, 6) is -0.118. The van der Waals surface area contributed by atoms with Crippen molar-refractivity contribution in [3.8, 4) is 0 Å². The zero-order chi connectivity index (χ0) is 13.7. The van der Waals surface area contributed by atoms with E-state index in [2.05, 4.69) is 17.2 Å². The maximum atomic E-state index is 11.9. The number of nitrogens with zero attached hydrogens (tertiary/aromatic N) is 1. The van der Waals surface area contributed by atoms with E-state index in [9.17, 15) is 4.79 Å². The molecule has 4 heteroatoms. The van der Waals surface area contributed by atoms with Crippen LogP contribution in [0.4, 0.5) is 5.69 Å². The van der Waals surface area contributed by atoms with E-state index in [0.717, 1.165) is 17.7 Å². The molecule has 0 atom stereocenters. The van der Waals surface area contributed by atoms with Crippen molar-refractivity contribution in [1.29, 1.82) is 0 Å². The molecule has 0 radical (unpaired) electrons. The van der Waals surface area contributed by atoms with E-state index < -0.39 is 0 Å². The van der Waals surface area contributed by atoms with Crippen molar-refractivity contribution in [3.63, 3.8) is 0 Å². The van der Waals surface area contributed by atoms with Gasteiger partial charge in [-0.25, -0.2) is 0 Å². The highest BCUT2D eigenvalue weighted by atomic mass is 16.1. The Bertz CT molecular complexity index is 564. The molecule has 0 saturated carbocycles. The predicted octanol–water partition coefficient (Wildman–Crippen LogP) is 2.16. The molecule has 1 aromatic carbocycles. The summed E-state index contributed by atoms with van der Waals surface area (Å²) in [4.78, 5) is 16.2. The standard InChI is InChI=1S/C15H17N3O/c1-2-11-4-3-9-17-14(11)10-18-15(19)12-5-7-13(16)8-6-12/h3-9H,2,10,16H2,1H3,(H,18,19). The molecular formula is C15H17N3O. The average Bonchev–Trinajstić information content (AvgIpc) is 2.45. The Morgan fingerprint density at radius 3 is 2.68 bits per heavy atom. The van der Waals surface area contributed by atoms with Crippen LogP contribution < -0.4 is 11.1 Å². The summed E-state index contributed by atoms with van der Waals surface area (Å²) in [6, 6.07) is 10.8. The van der Waals surface area contributed by atoms with E-state index in [0.29, 0.717) is 17.8 Å². The number of rotatable bonds is 4. The Balaban J connectivity index is 2.02. The average molecular weight is 255 g/mol. The second kappa shape index (κ2) is 6.00. The van der Waals surface area contributed by atoms with Crippen molar-refractivity contribution in [2.75, 3.05) is 5.73 Å². The smallest absolute Gasteiger partial charge is 0.251 e. The van der Waals surface area contributed by atoms with Gasteiger partial charge in [0, 0.05) is 17.4 Å². The van der Waals surface area contributed by atoms with Crippen LogP contribution in [-0.4, -0.2) is 10.9 Å². The van der Waals surface area contributed by atoms with Crippen molar-refractivity contribution in [1.82, 2.24) is 10.3 Å². The van der Waals surface area contributed by atoms with Crippen molar-refractivity contribution in [2.45, 2.75) is 19.9 Å². The third-order valence-corrected chi connectivity index (χ3v) is 2.95. The van der Waals surface area contributed by atoms with Crippen LogP contribution in [-0.2, 0) is 13.0 Å². The summed E-state index contributed by atoms with van der Waals surface area (Å²) in [6.45, 7) is 2.51. The zero-order valence-electron chi connectivity index (χ0n) is 10.9. The van der Waals surface area contributed by atoms with E-state index in [1.807, 2.05) is 12.1 Å². The van der Waals surface area contributed by atoms with E-state index in [-0.39, 0.29) is 5.91 Å². The fraction of sp³-hybridized carbons (Fsp3) is 0.200. The Morgan fingerprint density at radius 1 is 1.26 bits per heavy atom. The molecule has 0 fully saturated rings. The number of pyridine rings is 1. The van der Waals surface area contributed by atoms with Gasteiger partial charge in [0.15, 0.2) is 0 Å². The van der Waals surface area contributed by atoms with E-state index in [1.165, 1.54) is 0 Å². The number of benzene rings is 1. The van der Waals surface area contributed by atoms with Gasteiger partial charge < -0.3 is 11.1 Å². The van der Waals surface area contributed by atoms with E-state index >= 15 is 0 Å². The van der Waals surface area contributed by atoms with Gasteiger partial charge >= 0.3 is 0 Å². The van der Waals surface area contributed by atoms with E-state index in [4.69, 9.17) is 5.73 Å². The fourth-order valence-electron chi connectivity index (χ4n) is 1.85. The number of nitrogens with two attached hydrogens (primary N) is 1. The molecule has 0 spiro atoms. The minimum absolute atomic E-state index is 0.118. The summed E-state index contributed by atoms with van der Waals surface area (Å²) in [5, 5.41) is 2.87. The summed E-state index contributed by atoms with van der Waals surface area (Å²) >= 11 is 0. The SMILES string of the molecule is CCc1cccnc1CNC(=O)c1ccc(N)cc1. The van der Waals surface area contributed by atoms with Gasteiger partial charge in [0.05, 0.1) is 12.2 Å². The first-order valence-electron chi connectivity index (χ1n) is 6.27. The van der Waals surface area contributed by atoms with Crippen molar-refractivity contribution in [2.24, 2.45) is 0 Å². The molecule has 2 rings (SSSR count). The van der Waals surface area contributed by atoms with Gasteiger partial charge in [-0.1, -0.05) is 13.0 Å². The molecule has 98 valence electrons. The zero-order valence-corrected chi connectivity index (χ0v) is 10.9. The second-order valence-electron chi connectivity index (χ2n) is 4.27. The lowest BCUT2D eigenvalue weighted by atomic mass is 10.1. The van der Waals surface area contributed by atoms with E-state index in [1.54, 1.807) is 30.5 Å². The monoisotopic (exact) mass is 255 g/mol. The summed E-state index contributed by atoms with van der Waals surface area (Å²) in [6.07, 6.45) is 2.64. The molecule has 0 saturated heterocycles. The molecule has 0 aliphatic heterocycles. The topological polar surface area (TPSA) is 68.0 Å². The number of hydrogen-bond acceptors (Lipinski definition) is 3. The summed E-state index contributed by atoms with van der Waals surface area (Å²) in [5.41, 5.74) is 8.90. The molecule has 0 unspecified atom stereocenters. The van der Waals surface area contributed by atoms with Crippen molar-refractivity contribution >= 4 is 11.6 Å². The van der Waals surface area contributed by atoms with Crippen LogP contribution in [0.5, 0.6) is 0 Å². The lowest BCUT2D eigenvalue weighted by Crippen LogP contribution is -2.23. The Kier molecular flexibility index (Phi) is 4.13. The molecule has 0 bridgehead atoms. The first-order chi connectivity index (χ1) is 9.20. The third kappa shape index (κ3) is 3.31. The van der Waals surface area contributed by atoms with Gasteiger partial charge in [-0.3, -0.25) is 9.78 Å². The molecular weight excluding hydrogens is 238 g/mol. The van der Waals surface area contributed by atoms with Crippen LogP contribution in [0.15, 0.2) is 42.6 Å². The minimum atomic E-state index is -0.118. The Hall–Kier alpha value is -2.36. The lowest BCUT2D eigenvalue weighted by Gasteiger charge is -2.08. The Morgan fingerprint density at radius 2 is 2.00 bits per heavy atom. The third-order valence-electron chi connectivity index (χ3n) is 2.95. The van der Waals surface area contributed by atoms with Gasteiger partial charge in [0.2, 0.25) is 0 Å². The van der Waals surface area contributed by atoms with Gasteiger partial charge in [0.1, 0.15) is 0 Å². The highest BCUT2D eigenvalue weighted by molar-refractivity contribution is 5.94. The number of carbonyl (C=O) groups is 1. The van der Waals surface area contributed by atoms with Gasteiger partial charge in [-0.05, 0) is 42.3 Å². The van der Waals surface area contributed by atoms with Crippen LogP contribution in [0.1, 0.15) is 28.5 Å². The number of amides is 1. The maximum absolute atomic E-state index is 11.9. The number of nitrogen functional groups attached to an aromatic ring is 1. The summed E-state index contributed by atoms with van der Waals surface area (Å²) < 4.78 is 0. The highest BCUT2D eigenvalue weighted by Gasteiger charge is 2.07. The number of hydrogen-bond donors (Lipinski definition) is 2. The van der Waals surface area contributed by atoms with Crippen LogP contribution >= 0.6 is 0 Å². The fourth-order valence-corrected chi connectivity index (χ4v) is 1.85. The molecule has 1 aromatic heterocycles. The van der Waals surface area contributed by atoms with Crippen LogP contribution in [0.25, 0.3) is 0 Å². The molecule has 1 heterocycles. The molecule has 0 aliphatic carbocycles. The quantitative estimate of drug-likeness (QED) is 0.823. The number of nitrogens with one attached hydrogen (secondary N) is 1. The maximum Gasteiger partial charge on any atom is 0.251 e. The lowest BCUT2D eigenvalue weighted by molar-refractivity contribution is 0.0950. The van der Waals surface area contributed by atoms with Crippen molar-refractivity contribution < 1.29 is 4.79 Å². The number of aromatic nitrogens is 1. The number of carbonyl (C=O) groups excluding carboxylic acids is 1. The molecule has 3 N–H and O–H groups in total. The largest absolute Gasteiger partial charge is 0.399 e. The second-order valence-corrected chi connectivity index (χ2v) is 4.27. The molecule has 2 aromatic rings. The number of anilines is 1. The molecule has 0 aliphatic rings. The molecule has 19 heavy (non-hydrogen) atoms. The first-order valence-corrected chi connectivity index (χ1v) is 6.27. The number of aryl methyl sites for hydroxylation is 1. The first kappa shape index (κ1) is 13.1. The van der Waals surface area contributed by atoms with Crippen LogP contribution in [0.2, 0.25) is 0 Å². The molecule has 1 amide bonds. The van der Waals surface area contributed by atoms with Crippen LogP contribution in [0, 0.1) is 0 Å². The van der Waals surface area contributed by atoms with Crippen LogP contribution in [0.3, 0.4) is 0 Å². The van der Waals surface area contributed by atoms with Gasteiger partial charge in [0.25, 0.3) is 5.91 Å². The summed E-state index contributed by atoms with van der Waals surface area (Å²) in [7, 11) is 0. The van der Waals surface area contributed by atoms with Crippen molar-refractivity contribution in [3.05, 3.63) is 59.4 Å².